The van der Waals surface area contributed by atoms with Gasteiger partial charge in [0.2, 0.25) is 12.6 Å². The second-order valence-electron chi connectivity index (χ2n) is 6.69. The van der Waals surface area contributed by atoms with Crippen molar-refractivity contribution in [2.75, 3.05) is 6.79 Å². The van der Waals surface area contributed by atoms with Gasteiger partial charge in [0.1, 0.15) is 0 Å². The van der Waals surface area contributed by atoms with Crippen LogP contribution < -0.4 is 15.0 Å². The second-order valence-corrected chi connectivity index (χ2v) is 6.69. The monoisotopic (exact) mass is 404 g/mol. The van der Waals surface area contributed by atoms with E-state index in [2.05, 4.69) is 10.2 Å². The Labute approximate surface area is 169 Å². The number of ether oxygens (including phenoxy) is 3. The molecule has 4 aromatic rings. The Hall–Kier alpha value is -4.14. The fourth-order valence-corrected chi connectivity index (χ4v) is 3.35. The molecule has 0 N–H and O–H groups in total. The highest BCUT2D eigenvalue weighted by Crippen LogP contribution is 2.32. The van der Waals surface area contributed by atoms with Crippen LogP contribution in [0.4, 0.5) is 0 Å². The van der Waals surface area contributed by atoms with Gasteiger partial charge in [-0.25, -0.2) is 4.79 Å². The molecule has 0 bridgehead atoms. The van der Waals surface area contributed by atoms with Crippen LogP contribution in [0.2, 0.25) is 0 Å². The molecule has 5 rings (SSSR count). The Balaban J connectivity index is 1.37. The van der Waals surface area contributed by atoms with Gasteiger partial charge in [-0.15, -0.1) is 10.2 Å². The Morgan fingerprint density at radius 3 is 2.90 bits per heavy atom. The topological polar surface area (TPSA) is 97.0 Å². The smallest absolute Gasteiger partial charge is 0.331 e. The SMILES string of the molecule is Cn1c(=O)c2ccccc2n2c(COC(=O)/C=C/c3ccc4c(c3)OCO4)nnc12. The number of nitrogens with zero attached hydrogens (tertiary/aromatic N) is 4. The number of fused-ring (bicyclic) bond motifs is 4. The first-order chi connectivity index (χ1) is 14.6. The quantitative estimate of drug-likeness (QED) is 0.379. The average Bonchev–Trinajstić information content (AvgIpc) is 3.41. The molecule has 0 saturated heterocycles. The maximum absolute atomic E-state index is 12.5. The molecule has 0 aliphatic carbocycles. The third kappa shape index (κ3) is 2.96. The molecule has 9 nitrogen and oxygen atoms in total. The van der Waals surface area contributed by atoms with Gasteiger partial charge in [-0.1, -0.05) is 18.2 Å². The molecule has 0 unspecified atom stereocenters. The first kappa shape index (κ1) is 17.9. The number of benzene rings is 2. The molecule has 0 fully saturated rings. The third-order valence-electron chi connectivity index (χ3n) is 4.85. The van der Waals surface area contributed by atoms with Crippen molar-refractivity contribution >= 4 is 28.7 Å². The molecule has 0 radical (unpaired) electrons. The normalized spacial score (nSPS) is 12.8. The highest BCUT2D eigenvalue weighted by Gasteiger charge is 2.15. The number of para-hydroxylation sites is 1. The predicted octanol–water partition coefficient (Wildman–Crippen LogP) is 2.07. The Kier molecular flexibility index (Phi) is 4.20. The van der Waals surface area contributed by atoms with Gasteiger partial charge in [0, 0.05) is 13.1 Å². The molecule has 3 heterocycles. The minimum absolute atomic E-state index is 0.0896. The molecular formula is C21H16N4O5. The summed E-state index contributed by atoms with van der Waals surface area (Å²) in [6.07, 6.45) is 2.96. The van der Waals surface area contributed by atoms with Gasteiger partial charge in [0.15, 0.2) is 23.9 Å². The molecule has 0 atom stereocenters. The summed E-state index contributed by atoms with van der Waals surface area (Å²) >= 11 is 0. The highest BCUT2D eigenvalue weighted by molar-refractivity contribution is 5.87. The van der Waals surface area contributed by atoms with E-state index in [4.69, 9.17) is 14.2 Å². The molecule has 30 heavy (non-hydrogen) atoms. The van der Waals surface area contributed by atoms with E-state index in [1.54, 1.807) is 47.9 Å². The molecule has 9 heteroatoms. The number of carbonyl (C=O) groups is 1. The van der Waals surface area contributed by atoms with Crippen molar-refractivity contribution in [2.24, 2.45) is 7.05 Å². The summed E-state index contributed by atoms with van der Waals surface area (Å²) in [5.41, 5.74) is 1.27. The number of hydrogen-bond donors (Lipinski definition) is 0. The number of carbonyl (C=O) groups excluding carboxylic acids is 1. The first-order valence-corrected chi connectivity index (χ1v) is 9.18. The number of aryl methyl sites for hydroxylation is 1. The van der Waals surface area contributed by atoms with E-state index in [0.717, 1.165) is 5.56 Å². The zero-order valence-corrected chi connectivity index (χ0v) is 15.9. The lowest BCUT2D eigenvalue weighted by molar-refractivity contribution is -0.139. The van der Waals surface area contributed by atoms with Crippen LogP contribution in [0.15, 0.2) is 53.3 Å². The maximum Gasteiger partial charge on any atom is 0.331 e. The fourth-order valence-electron chi connectivity index (χ4n) is 3.35. The summed E-state index contributed by atoms with van der Waals surface area (Å²) in [5, 5.41) is 8.70. The summed E-state index contributed by atoms with van der Waals surface area (Å²) in [6, 6.07) is 12.5. The van der Waals surface area contributed by atoms with Crippen LogP contribution >= 0.6 is 0 Å². The van der Waals surface area contributed by atoms with Gasteiger partial charge in [-0.2, -0.15) is 0 Å². The van der Waals surface area contributed by atoms with E-state index in [-0.39, 0.29) is 19.0 Å². The van der Waals surface area contributed by atoms with Crippen molar-refractivity contribution in [3.8, 4) is 11.5 Å². The number of hydrogen-bond acceptors (Lipinski definition) is 7. The summed E-state index contributed by atoms with van der Waals surface area (Å²) in [5.74, 6) is 1.58. The number of rotatable bonds is 4. The van der Waals surface area contributed by atoms with Crippen LogP contribution in [-0.2, 0) is 23.2 Å². The molecule has 1 aliphatic rings. The summed E-state index contributed by atoms with van der Waals surface area (Å²) in [6.45, 7) is 0.102. The van der Waals surface area contributed by atoms with E-state index < -0.39 is 5.97 Å². The molecule has 150 valence electrons. The fraction of sp³-hybridized carbons (Fsp3) is 0.143. The number of esters is 1. The standard InChI is InChI=1S/C21H16N4O5/c1-24-20(27)14-4-2-3-5-15(14)25-18(22-23-21(24)25)11-28-19(26)9-7-13-6-8-16-17(10-13)30-12-29-16/h2-10H,11-12H2,1H3/b9-7+. The number of aromatic nitrogens is 4. The molecule has 0 amide bonds. The minimum atomic E-state index is -0.529. The van der Waals surface area contributed by atoms with Gasteiger partial charge >= 0.3 is 5.97 Å². The van der Waals surface area contributed by atoms with Crippen LogP contribution in [0.1, 0.15) is 11.4 Å². The second kappa shape index (κ2) is 7.03. The van der Waals surface area contributed by atoms with E-state index in [9.17, 15) is 9.59 Å². The molecule has 0 spiro atoms. The van der Waals surface area contributed by atoms with Crippen LogP contribution in [-0.4, -0.2) is 31.9 Å². The van der Waals surface area contributed by atoms with Crippen molar-refractivity contribution in [3.63, 3.8) is 0 Å². The lowest BCUT2D eigenvalue weighted by atomic mass is 10.2. The average molecular weight is 404 g/mol. The van der Waals surface area contributed by atoms with Crippen molar-refractivity contribution in [3.05, 3.63) is 70.3 Å². The van der Waals surface area contributed by atoms with Crippen molar-refractivity contribution in [1.82, 2.24) is 19.2 Å². The molecule has 0 saturated carbocycles. The van der Waals surface area contributed by atoms with Crippen molar-refractivity contribution in [1.29, 1.82) is 0 Å². The summed E-state index contributed by atoms with van der Waals surface area (Å²) < 4.78 is 19.1. The zero-order valence-electron chi connectivity index (χ0n) is 15.9. The minimum Gasteiger partial charge on any atom is -0.454 e. The highest BCUT2D eigenvalue weighted by atomic mass is 16.7. The van der Waals surface area contributed by atoms with E-state index >= 15 is 0 Å². The summed E-state index contributed by atoms with van der Waals surface area (Å²) in [7, 11) is 1.63. The van der Waals surface area contributed by atoms with Crippen molar-refractivity contribution in [2.45, 2.75) is 6.61 Å². The maximum atomic E-state index is 12.5. The zero-order chi connectivity index (χ0) is 20.7. The molecule has 2 aromatic carbocycles. The van der Waals surface area contributed by atoms with Gasteiger partial charge in [0.05, 0.1) is 10.9 Å². The molecular weight excluding hydrogens is 388 g/mol. The van der Waals surface area contributed by atoms with Gasteiger partial charge < -0.3 is 14.2 Å². The predicted molar refractivity (Wildman–Crippen MR) is 107 cm³/mol. The largest absolute Gasteiger partial charge is 0.454 e. The van der Waals surface area contributed by atoms with E-state index in [1.165, 1.54) is 10.6 Å². The Bertz CT molecular complexity index is 1390. The van der Waals surface area contributed by atoms with E-state index in [1.807, 2.05) is 12.1 Å². The molecule has 1 aliphatic heterocycles. The van der Waals surface area contributed by atoms with Gasteiger partial charge in [0.25, 0.3) is 5.56 Å². The van der Waals surface area contributed by atoms with Crippen LogP contribution in [0.25, 0.3) is 22.8 Å². The Morgan fingerprint density at radius 1 is 1.17 bits per heavy atom. The van der Waals surface area contributed by atoms with Gasteiger partial charge in [-0.05, 0) is 35.9 Å². The Morgan fingerprint density at radius 2 is 2.00 bits per heavy atom. The van der Waals surface area contributed by atoms with E-state index in [0.29, 0.717) is 34.0 Å². The van der Waals surface area contributed by atoms with Crippen LogP contribution in [0.3, 0.4) is 0 Å². The third-order valence-corrected chi connectivity index (χ3v) is 4.85. The summed E-state index contributed by atoms with van der Waals surface area (Å²) in [4.78, 5) is 24.7. The van der Waals surface area contributed by atoms with Crippen LogP contribution in [0, 0.1) is 0 Å². The first-order valence-electron chi connectivity index (χ1n) is 9.18. The van der Waals surface area contributed by atoms with Gasteiger partial charge in [-0.3, -0.25) is 13.8 Å². The lowest BCUT2D eigenvalue weighted by Gasteiger charge is -2.07. The molecule has 2 aromatic heterocycles. The lowest BCUT2D eigenvalue weighted by Crippen LogP contribution is -2.20. The van der Waals surface area contributed by atoms with Crippen molar-refractivity contribution < 1.29 is 19.0 Å². The van der Waals surface area contributed by atoms with Crippen LogP contribution in [0.5, 0.6) is 11.5 Å².